The number of nitrogens with two attached hydrogens (primary N) is 1. The van der Waals surface area contributed by atoms with Crippen LogP contribution in [-0.2, 0) is 0 Å². The van der Waals surface area contributed by atoms with Crippen LogP contribution in [0.1, 0.15) is 12.3 Å². The minimum atomic E-state index is -2.77. The maximum absolute atomic E-state index is 12.2. The lowest BCUT2D eigenvalue weighted by molar-refractivity contribution is 0.106. The zero-order chi connectivity index (χ0) is 10.8. The number of alkyl halides is 2. The molecule has 0 aliphatic carbocycles. The highest BCUT2D eigenvalue weighted by Gasteiger charge is 2.17. The second kappa shape index (κ2) is 3.64. The molecular formula is C9H7F2N3O. The number of halogens is 2. The molecule has 0 amide bonds. The van der Waals surface area contributed by atoms with E-state index in [1.165, 1.54) is 0 Å². The van der Waals surface area contributed by atoms with Crippen LogP contribution in [0, 0.1) is 0 Å². The van der Waals surface area contributed by atoms with Crippen molar-refractivity contribution in [3.63, 3.8) is 0 Å². The number of nitrogens with zero attached hydrogens (tertiary/aromatic N) is 2. The Labute approximate surface area is 83.7 Å². The highest BCUT2D eigenvalue weighted by atomic mass is 19.3. The number of aromatic nitrogens is 2. The van der Waals surface area contributed by atoms with Crippen LogP contribution in [0.2, 0.25) is 0 Å². The van der Waals surface area contributed by atoms with Crippen molar-refractivity contribution in [1.29, 1.82) is 0 Å². The highest BCUT2D eigenvalue weighted by molar-refractivity contribution is 5.70. The first-order valence-electron chi connectivity index (χ1n) is 4.15. The van der Waals surface area contributed by atoms with Crippen molar-refractivity contribution >= 4 is 5.69 Å². The van der Waals surface area contributed by atoms with Gasteiger partial charge in [0.1, 0.15) is 0 Å². The Morgan fingerprint density at radius 2 is 2.00 bits per heavy atom. The molecule has 78 valence electrons. The van der Waals surface area contributed by atoms with Gasteiger partial charge in [0.15, 0.2) is 0 Å². The van der Waals surface area contributed by atoms with Gasteiger partial charge in [-0.05, 0) is 12.1 Å². The zero-order valence-corrected chi connectivity index (χ0v) is 7.52. The summed E-state index contributed by atoms with van der Waals surface area (Å²) in [6, 6.07) is 6.71. The van der Waals surface area contributed by atoms with E-state index in [2.05, 4.69) is 14.7 Å². The normalized spacial score (nSPS) is 10.9. The van der Waals surface area contributed by atoms with E-state index in [4.69, 9.17) is 5.73 Å². The molecule has 0 atom stereocenters. The van der Waals surface area contributed by atoms with Crippen molar-refractivity contribution in [1.82, 2.24) is 10.1 Å². The van der Waals surface area contributed by atoms with Crippen LogP contribution in [0.15, 0.2) is 28.8 Å². The molecule has 0 unspecified atom stereocenters. The summed E-state index contributed by atoms with van der Waals surface area (Å²) in [5.41, 5.74) is 6.52. The largest absolute Gasteiger partial charge is 0.398 e. The van der Waals surface area contributed by atoms with Gasteiger partial charge < -0.3 is 10.3 Å². The molecule has 0 aliphatic heterocycles. The average Bonchev–Trinajstić information content (AvgIpc) is 2.67. The Morgan fingerprint density at radius 1 is 1.27 bits per heavy atom. The van der Waals surface area contributed by atoms with Crippen LogP contribution in [0.25, 0.3) is 11.4 Å². The minimum Gasteiger partial charge on any atom is -0.398 e. The van der Waals surface area contributed by atoms with E-state index in [-0.39, 0.29) is 5.82 Å². The third-order valence-electron chi connectivity index (χ3n) is 1.83. The molecular weight excluding hydrogens is 204 g/mol. The number of anilines is 1. The Kier molecular flexibility index (Phi) is 2.32. The lowest BCUT2D eigenvalue weighted by Crippen LogP contribution is -1.91. The van der Waals surface area contributed by atoms with Gasteiger partial charge in [-0.15, -0.1) is 0 Å². The molecule has 1 aromatic heterocycles. The van der Waals surface area contributed by atoms with Crippen molar-refractivity contribution in [2.75, 3.05) is 5.73 Å². The lowest BCUT2D eigenvalue weighted by atomic mass is 10.2. The highest BCUT2D eigenvalue weighted by Crippen LogP contribution is 2.25. The number of hydrogen-bond acceptors (Lipinski definition) is 4. The smallest absolute Gasteiger partial charge is 0.315 e. The van der Waals surface area contributed by atoms with Crippen LogP contribution < -0.4 is 5.73 Å². The molecule has 0 bridgehead atoms. The van der Waals surface area contributed by atoms with Crippen LogP contribution in [0.4, 0.5) is 14.5 Å². The van der Waals surface area contributed by atoms with E-state index in [0.29, 0.717) is 11.3 Å². The minimum absolute atomic E-state index is 0.0726. The Bertz CT molecular complexity index is 470. The van der Waals surface area contributed by atoms with Gasteiger partial charge in [0, 0.05) is 11.3 Å². The number of rotatable bonds is 2. The molecule has 0 radical (unpaired) electrons. The quantitative estimate of drug-likeness (QED) is 0.773. The monoisotopic (exact) mass is 211 g/mol. The van der Waals surface area contributed by atoms with Crippen LogP contribution >= 0.6 is 0 Å². The molecule has 0 saturated heterocycles. The molecule has 4 nitrogen and oxygen atoms in total. The van der Waals surface area contributed by atoms with E-state index >= 15 is 0 Å². The third kappa shape index (κ3) is 1.78. The summed E-state index contributed by atoms with van der Waals surface area (Å²) in [6.45, 7) is 0. The summed E-state index contributed by atoms with van der Waals surface area (Å²) < 4.78 is 28.7. The van der Waals surface area contributed by atoms with Crippen molar-refractivity contribution in [3.8, 4) is 11.4 Å². The molecule has 0 aliphatic rings. The molecule has 0 fully saturated rings. The Balaban J connectivity index is 2.42. The first-order valence-corrected chi connectivity index (χ1v) is 4.15. The third-order valence-corrected chi connectivity index (χ3v) is 1.83. The van der Waals surface area contributed by atoms with Gasteiger partial charge in [-0.1, -0.05) is 17.3 Å². The summed E-state index contributed by atoms with van der Waals surface area (Å²) in [4.78, 5) is 3.53. The standard InChI is InChI=1S/C9H7F2N3O/c10-7(11)9-13-8(14-15-9)5-3-1-2-4-6(5)12/h1-4,7H,12H2. The fraction of sp³-hybridized carbons (Fsp3) is 0.111. The van der Waals surface area contributed by atoms with Crippen LogP contribution in [0.3, 0.4) is 0 Å². The second-order valence-corrected chi connectivity index (χ2v) is 2.84. The molecule has 15 heavy (non-hydrogen) atoms. The van der Waals surface area contributed by atoms with Crippen LogP contribution in [0.5, 0.6) is 0 Å². The van der Waals surface area contributed by atoms with Crippen molar-refractivity contribution < 1.29 is 13.3 Å². The van der Waals surface area contributed by atoms with Crippen molar-refractivity contribution in [2.45, 2.75) is 6.43 Å². The number of hydrogen-bond donors (Lipinski definition) is 1. The Hall–Kier alpha value is -1.98. The molecule has 1 aromatic carbocycles. The van der Waals surface area contributed by atoms with Gasteiger partial charge in [-0.25, -0.2) is 0 Å². The van der Waals surface area contributed by atoms with Crippen molar-refractivity contribution in [2.24, 2.45) is 0 Å². The SMILES string of the molecule is Nc1ccccc1-c1noc(C(F)F)n1. The molecule has 0 spiro atoms. The van der Waals surface area contributed by atoms with E-state index in [9.17, 15) is 8.78 Å². The predicted octanol–water partition coefficient (Wildman–Crippen LogP) is 2.26. The van der Waals surface area contributed by atoms with E-state index in [0.717, 1.165) is 0 Å². The van der Waals surface area contributed by atoms with Gasteiger partial charge in [0.05, 0.1) is 0 Å². The number of para-hydroxylation sites is 1. The van der Waals surface area contributed by atoms with Gasteiger partial charge in [0.25, 0.3) is 5.89 Å². The maximum atomic E-state index is 12.2. The van der Waals surface area contributed by atoms with Gasteiger partial charge in [-0.2, -0.15) is 13.8 Å². The fourth-order valence-corrected chi connectivity index (χ4v) is 1.13. The molecule has 6 heteroatoms. The summed E-state index contributed by atoms with van der Waals surface area (Å²) in [6.07, 6.45) is -2.77. The van der Waals surface area contributed by atoms with Gasteiger partial charge in [0.2, 0.25) is 5.82 Å². The van der Waals surface area contributed by atoms with E-state index < -0.39 is 12.3 Å². The summed E-state index contributed by atoms with van der Waals surface area (Å²) in [7, 11) is 0. The summed E-state index contributed by atoms with van der Waals surface area (Å²) >= 11 is 0. The number of benzene rings is 1. The van der Waals surface area contributed by atoms with Crippen LogP contribution in [-0.4, -0.2) is 10.1 Å². The fourth-order valence-electron chi connectivity index (χ4n) is 1.13. The van der Waals surface area contributed by atoms with Gasteiger partial charge in [-0.3, -0.25) is 0 Å². The van der Waals surface area contributed by atoms with Gasteiger partial charge >= 0.3 is 6.43 Å². The first-order chi connectivity index (χ1) is 7.18. The predicted molar refractivity (Wildman–Crippen MR) is 49.1 cm³/mol. The molecule has 2 rings (SSSR count). The number of nitrogen functional groups attached to an aromatic ring is 1. The molecule has 2 N–H and O–H groups in total. The topological polar surface area (TPSA) is 64.9 Å². The first kappa shape index (κ1) is 9.57. The second-order valence-electron chi connectivity index (χ2n) is 2.84. The lowest BCUT2D eigenvalue weighted by Gasteiger charge is -1.97. The van der Waals surface area contributed by atoms with Crippen molar-refractivity contribution in [3.05, 3.63) is 30.2 Å². The Morgan fingerprint density at radius 3 is 2.60 bits per heavy atom. The average molecular weight is 211 g/mol. The van der Waals surface area contributed by atoms with E-state index in [1.807, 2.05) is 0 Å². The molecule has 2 aromatic rings. The van der Waals surface area contributed by atoms with E-state index in [1.54, 1.807) is 24.3 Å². The zero-order valence-electron chi connectivity index (χ0n) is 7.52. The summed E-state index contributed by atoms with van der Waals surface area (Å²) in [5.74, 6) is -0.628. The maximum Gasteiger partial charge on any atom is 0.315 e. The molecule has 0 saturated carbocycles. The summed E-state index contributed by atoms with van der Waals surface area (Å²) in [5, 5.41) is 3.42. The molecule has 1 heterocycles.